The SMILES string of the molecule is O=C(Cc1ccc(Cl)cc1)Oc1ccc2c(c1)O/C(=C\c1ccc(-c3ccccc3)cc1)C2=O. The maximum atomic E-state index is 12.8. The lowest BCUT2D eigenvalue weighted by Gasteiger charge is -2.06. The smallest absolute Gasteiger partial charge is 0.315 e. The Morgan fingerprint density at radius 2 is 1.56 bits per heavy atom. The number of ether oxygens (including phenoxy) is 2. The van der Waals surface area contributed by atoms with Gasteiger partial charge in [-0.2, -0.15) is 0 Å². The topological polar surface area (TPSA) is 52.6 Å². The Bertz CT molecular complexity index is 1390. The van der Waals surface area contributed by atoms with E-state index in [9.17, 15) is 9.59 Å². The summed E-state index contributed by atoms with van der Waals surface area (Å²) in [6.45, 7) is 0. The fraction of sp³-hybridized carbons (Fsp3) is 0.0345. The van der Waals surface area contributed by atoms with Crippen molar-refractivity contribution >= 4 is 29.4 Å². The van der Waals surface area contributed by atoms with E-state index in [4.69, 9.17) is 21.1 Å². The number of hydrogen-bond donors (Lipinski definition) is 0. The molecule has 0 saturated carbocycles. The predicted molar refractivity (Wildman–Crippen MR) is 132 cm³/mol. The van der Waals surface area contributed by atoms with Crippen LogP contribution in [0.1, 0.15) is 21.5 Å². The van der Waals surface area contributed by atoms with Crippen LogP contribution < -0.4 is 9.47 Å². The second kappa shape index (κ2) is 9.38. The van der Waals surface area contributed by atoms with Gasteiger partial charge in [-0.25, -0.2) is 0 Å². The Balaban J connectivity index is 1.28. The van der Waals surface area contributed by atoms with E-state index in [1.165, 1.54) is 0 Å². The number of esters is 1. The van der Waals surface area contributed by atoms with Gasteiger partial charge in [0.2, 0.25) is 5.78 Å². The quantitative estimate of drug-likeness (QED) is 0.185. The predicted octanol–water partition coefficient (Wildman–Crippen LogP) is 6.77. The first-order chi connectivity index (χ1) is 16.5. The van der Waals surface area contributed by atoms with Crippen LogP contribution in [0.2, 0.25) is 5.02 Å². The monoisotopic (exact) mass is 466 g/mol. The van der Waals surface area contributed by atoms with E-state index >= 15 is 0 Å². The summed E-state index contributed by atoms with van der Waals surface area (Å²) >= 11 is 5.88. The average Bonchev–Trinajstić information content (AvgIpc) is 3.16. The number of carbonyl (C=O) groups excluding carboxylic acids is 2. The molecule has 0 fully saturated rings. The largest absolute Gasteiger partial charge is 0.452 e. The number of hydrogen-bond acceptors (Lipinski definition) is 4. The minimum atomic E-state index is -0.416. The summed E-state index contributed by atoms with van der Waals surface area (Å²) in [5.74, 6) is 0.294. The van der Waals surface area contributed by atoms with E-state index < -0.39 is 5.97 Å². The first-order valence-corrected chi connectivity index (χ1v) is 11.1. The molecule has 0 unspecified atom stereocenters. The third-order valence-corrected chi connectivity index (χ3v) is 5.70. The van der Waals surface area contributed by atoms with Crippen molar-refractivity contribution in [2.75, 3.05) is 0 Å². The van der Waals surface area contributed by atoms with Gasteiger partial charge >= 0.3 is 5.97 Å². The van der Waals surface area contributed by atoms with Crippen LogP contribution in [0, 0.1) is 0 Å². The number of rotatable bonds is 5. The highest BCUT2D eigenvalue weighted by molar-refractivity contribution is 6.30. The summed E-state index contributed by atoms with van der Waals surface area (Å²) < 4.78 is 11.2. The van der Waals surface area contributed by atoms with Crippen LogP contribution in [0.5, 0.6) is 11.5 Å². The van der Waals surface area contributed by atoms with Gasteiger partial charge in [-0.15, -0.1) is 0 Å². The Kier molecular flexibility index (Phi) is 5.98. The number of fused-ring (bicyclic) bond motifs is 1. The molecule has 34 heavy (non-hydrogen) atoms. The van der Waals surface area contributed by atoms with Crippen molar-refractivity contribution in [1.82, 2.24) is 0 Å². The van der Waals surface area contributed by atoms with Gasteiger partial charge in [-0.3, -0.25) is 9.59 Å². The second-order valence-electron chi connectivity index (χ2n) is 7.86. The molecular formula is C29H19ClO4. The fourth-order valence-electron chi connectivity index (χ4n) is 3.72. The maximum absolute atomic E-state index is 12.8. The highest BCUT2D eigenvalue weighted by Gasteiger charge is 2.28. The maximum Gasteiger partial charge on any atom is 0.315 e. The molecule has 0 N–H and O–H groups in total. The van der Waals surface area contributed by atoms with Gasteiger partial charge in [0.1, 0.15) is 11.5 Å². The lowest BCUT2D eigenvalue weighted by atomic mass is 10.0. The summed E-state index contributed by atoms with van der Waals surface area (Å²) in [5.41, 5.74) is 4.30. The third-order valence-electron chi connectivity index (χ3n) is 5.45. The molecule has 5 heteroatoms. The van der Waals surface area contributed by atoms with Gasteiger partial charge in [-0.05, 0) is 52.6 Å². The minimum absolute atomic E-state index is 0.109. The van der Waals surface area contributed by atoms with Gasteiger partial charge in [-0.1, -0.05) is 78.3 Å². The number of Topliss-reactive ketones (excluding diaryl/α,β-unsaturated/α-hetero) is 1. The van der Waals surface area contributed by atoms with Crippen LogP contribution in [0.3, 0.4) is 0 Å². The first-order valence-electron chi connectivity index (χ1n) is 10.7. The summed E-state index contributed by atoms with van der Waals surface area (Å²) in [6, 6.07) is 29.7. The Labute approximate surface area is 202 Å². The van der Waals surface area contributed by atoms with Crippen LogP contribution >= 0.6 is 11.6 Å². The van der Waals surface area contributed by atoms with Crippen LogP contribution in [-0.4, -0.2) is 11.8 Å². The van der Waals surface area contributed by atoms with Crippen molar-refractivity contribution in [1.29, 1.82) is 0 Å². The van der Waals surface area contributed by atoms with Crippen molar-refractivity contribution in [2.45, 2.75) is 6.42 Å². The molecule has 0 atom stereocenters. The summed E-state index contributed by atoms with van der Waals surface area (Å²) in [5, 5.41) is 0.605. The zero-order valence-corrected chi connectivity index (χ0v) is 18.8. The number of carbonyl (C=O) groups is 2. The van der Waals surface area contributed by atoms with E-state index in [0.29, 0.717) is 22.1 Å². The molecule has 0 saturated heterocycles. The molecule has 0 radical (unpaired) electrons. The molecule has 0 bridgehead atoms. The second-order valence-corrected chi connectivity index (χ2v) is 8.30. The molecule has 1 aliphatic rings. The third kappa shape index (κ3) is 4.77. The van der Waals surface area contributed by atoms with Crippen molar-refractivity contribution < 1.29 is 19.1 Å². The van der Waals surface area contributed by atoms with E-state index in [2.05, 4.69) is 0 Å². The van der Waals surface area contributed by atoms with Gasteiger partial charge in [0, 0.05) is 11.1 Å². The van der Waals surface area contributed by atoms with Crippen LogP contribution in [0.25, 0.3) is 17.2 Å². The summed E-state index contributed by atoms with van der Waals surface area (Å²) in [4.78, 5) is 25.1. The molecule has 0 aliphatic carbocycles. The van der Waals surface area contributed by atoms with Gasteiger partial charge in [0.05, 0.1) is 12.0 Å². The highest BCUT2D eigenvalue weighted by atomic mass is 35.5. The number of allylic oxidation sites excluding steroid dienone is 1. The molecule has 1 heterocycles. The molecular weight excluding hydrogens is 448 g/mol. The van der Waals surface area contributed by atoms with Crippen molar-refractivity contribution in [2.24, 2.45) is 0 Å². The zero-order chi connectivity index (χ0) is 23.5. The van der Waals surface area contributed by atoms with Gasteiger partial charge in [0.25, 0.3) is 0 Å². The summed E-state index contributed by atoms with van der Waals surface area (Å²) in [7, 11) is 0. The molecule has 5 rings (SSSR count). The van der Waals surface area contributed by atoms with Crippen LogP contribution in [0.15, 0.2) is 103 Å². The Morgan fingerprint density at radius 3 is 2.29 bits per heavy atom. The van der Waals surface area contributed by atoms with Crippen molar-refractivity contribution in [3.63, 3.8) is 0 Å². The van der Waals surface area contributed by atoms with Crippen LogP contribution in [0.4, 0.5) is 0 Å². The molecule has 1 aliphatic heterocycles. The van der Waals surface area contributed by atoms with E-state index in [1.807, 2.05) is 54.6 Å². The first kappa shape index (κ1) is 21.7. The van der Waals surface area contributed by atoms with E-state index in [1.54, 1.807) is 48.5 Å². The summed E-state index contributed by atoms with van der Waals surface area (Å²) in [6.07, 6.45) is 1.82. The average molecular weight is 467 g/mol. The Morgan fingerprint density at radius 1 is 0.853 bits per heavy atom. The van der Waals surface area contributed by atoms with E-state index in [0.717, 1.165) is 22.3 Å². The highest BCUT2D eigenvalue weighted by Crippen LogP contribution is 2.35. The van der Waals surface area contributed by atoms with Gasteiger partial charge < -0.3 is 9.47 Å². The fourth-order valence-corrected chi connectivity index (χ4v) is 3.85. The number of halogens is 1. The van der Waals surface area contributed by atoms with Crippen molar-refractivity contribution in [3.8, 4) is 22.6 Å². The molecule has 0 spiro atoms. The number of benzene rings is 4. The molecule has 0 aromatic heterocycles. The number of ketones is 1. The molecule has 4 aromatic carbocycles. The van der Waals surface area contributed by atoms with Crippen molar-refractivity contribution in [3.05, 3.63) is 125 Å². The molecule has 166 valence electrons. The minimum Gasteiger partial charge on any atom is -0.452 e. The standard InChI is InChI=1S/C29H19ClO4/c30-23-12-8-20(9-13-23)17-28(31)33-24-14-15-25-26(18-24)34-27(29(25)32)16-19-6-10-22(11-7-19)21-4-2-1-3-5-21/h1-16,18H,17H2/b27-16-. The normalized spacial score (nSPS) is 13.4. The lowest BCUT2D eigenvalue weighted by Crippen LogP contribution is -2.11. The molecule has 4 aromatic rings. The van der Waals surface area contributed by atoms with Gasteiger partial charge in [0.15, 0.2) is 5.76 Å². The molecule has 4 nitrogen and oxygen atoms in total. The molecule has 0 amide bonds. The lowest BCUT2D eigenvalue weighted by molar-refractivity contribution is -0.133. The zero-order valence-electron chi connectivity index (χ0n) is 18.0. The van der Waals surface area contributed by atoms with E-state index in [-0.39, 0.29) is 18.0 Å². The van der Waals surface area contributed by atoms with Crippen LogP contribution in [-0.2, 0) is 11.2 Å². The Hall–Kier alpha value is -4.15.